The summed E-state index contributed by atoms with van der Waals surface area (Å²) in [6.07, 6.45) is 3.90. The molecular formula is C8H9NO. The van der Waals surface area contributed by atoms with Crippen molar-refractivity contribution in [3.8, 4) is 0 Å². The molecule has 0 aliphatic heterocycles. The van der Waals surface area contributed by atoms with Gasteiger partial charge in [-0.3, -0.25) is 4.98 Å². The smallest absolute Gasteiger partial charge is 0.0895 e. The molecule has 1 aromatic heterocycles. The number of nitrogens with zero attached hydrogens (tertiary/aromatic N) is 1. The number of aliphatic hydroxyl groups excluding tert-OH is 1. The maximum atomic E-state index is 8.78. The van der Waals surface area contributed by atoms with E-state index in [0.717, 1.165) is 5.56 Å². The van der Waals surface area contributed by atoms with E-state index in [2.05, 4.69) is 11.6 Å². The molecule has 52 valence electrons. The fourth-order valence-corrected chi connectivity index (χ4v) is 0.738. The van der Waals surface area contributed by atoms with Crippen molar-refractivity contribution in [3.63, 3.8) is 0 Å². The van der Waals surface area contributed by atoms with Gasteiger partial charge in [-0.1, -0.05) is 12.6 Å². The van der Waals surface area contributed by atoms with Gasteiger partial charge in [0.05, 0.1) is 5.76 Å². The highest BCUT2D eigenvalue weighted by molar-refractivity contribution is 5.13. The third-order valence-corrected chi connectivity index (χ3v) is 1.13. The molecule has 0 spiro atoms. The highest BCUT2D eigenvalue weighted by Crippen LogP contribution is 2.00. The molecule has 0 unspecified atom stereocenters. The zero-order valence-electron chi connectivity index (χ0n) is 5.62. The van der Waals surface area contributed by atoms with E-state index in [9.17, 15) is 0 Å². The van der Waals surface area contributed by atoms with Crippen LogP contribution in [0.4, 0.5) is 0 Å². The zero-order valence-corrected chi connectivity index (χ0v) is 5.62. The summed E-state index contributed by atoms with van der Waals surface area (Å²) in [6.45, 7) is 3.38. The van der Waals surface area contributed by atoms with Gasteiger partial charge in [-0.15, -0.1) is 0 Å². The average Bonchev–Trinajstić information content (AvgIpc) is 1.88. The van der Waals surface area contributed by atoms with E-state index in [1.54, 1.807) is 12.4 Å². The van der Waals surface area contributed by atoms with E-state index in [4.69, 9.17) is 5.11 Å². The summed E-state index contributed by atoms with van der Waals surface area (Å²) in [5.41, 5.74) is 0.981. The Labute approximate surface area is 59.9 Å². The molecule has 1 N–H and O–H groups in total. The van der Waals surface area contributed by atoms with Gasteiger partial charge in [-0.05, 0) is 11.6 Å². The van der Waals surface area contributed by atoms with Crippen LogP contribution in [0.1, 0.15) is 5.56 Å². The maximum absolute atomic E-state index is 8.78. The first kappa shape index (κ1) is 6.81. The molecule has 1 heterocycles. The van der Waals surface area contributed by atoms with Gasteiger partial charge in [0.15, 0.2) is 0 Å². The van der Waals surface area contributed by atoms with Gasteiger partial charge >= 0.3 is 0 Å². The molecule has 0 atom stereocenters. The van der Waals surface area contributed by atoms with Crippen molar-refractivity contribution in [2.75, 3.05) is 0 Å². The summed E-state index contributed by atoms with van der Waals surface area (Å²) in [6, 6.07) is 3.73. The molecule has 10 heavy (non-hydrogen) atoms. The molecule has 0 aromatic carbocycles. The fraction of sp³-hybridized carbons (Fsp3) is 0.125. The molecule has 1 aromatic rings. The van der Waals surface area contributed by atoms with E-state index >= 15 is 0 Å². The second-order valence-electron chi connectivity index (χ2n) is 2.10. The molecule has 0 saturated carbocycles. The molecule has 2 heteroatoms. The van der Waals surface area contributed by atoms with Crippen LogP contribution in [0.2, 0.25) is 0 Å². The topological polar surface area (TPSA) is 33.1 Å². The van der Waals surface area contributed by atoms with Crippen molar-refractivity contribution in [2.24, 2.45) is 0 Å². The molecule has 0 bridgehead atoms. The molecular weight excluding hydrogens is 126 g/mol. The van der Waals surface area contributed by atoms with Gasteiger partial charge in [0, 0.05) is 18.8 Å². The number of hydrogen-bond donors (Lipinski definition) is 1. The second kappa shape index (κ2) is 3.01. The summed E-state index contributed by atoms with van der Waals surface area (Å²) in [5, 5.41) is 8.78. The quantitative estimate of drug-likeness (QED) is 0.626. The Bertz CT molecular complexity index is 218. The van der Waals surface area contributed by atoms with Gasteiger partial charge in [-0.25, -0.2) is 0 Å². The Morgan fingerprint density at radius 2 is 2.50 bits per heavy atom. The summed E-state index contributed by atoms with van der Waals surface area (Å²) in [5.74, 6) is 0.174. The SMILES string of the molecule is C=C(O)Cc1cccnc1. The lowest BCUT2D eigenvalue weighted by Gasteiger charge is -1.95. The first-order chi connectivity index (χ1) is 4.79. The van der Waals surface area contributed by atoms with Crippen LogP contribution in [0, 0.1) is 0 Å². The standard InChI is InChI=1S/C8H9NO/c1-7(10)5-8-3-2-4-9-6-8/h2-4,6,10H,1,5H2. The minimum Gasteiger partial charge on any atom is -0.513 e. The Balaban J connectivity index is 2.67. The van der Waals surface area contributed by atoms with Crippen LogP contribution in [0.5, 0.6) is 0 Å². The predicted octanol–water partition coefficient (Wildman–Crippen LogP) is 1.70. The third-order valence-electron chi connectivity index (χ3n) is 1.13. The van der Waals surface area contributed by atoms with Crippen molar-refractivity contribution < 1.29 is 5.11 Å². The third kappa shape index (κ3) is 1.90. The van der Waals surface area contributed by atoms with Crippen LogP contribution < -0.4 is 0 Å². The van der Waals surface area contributed by atoms with Crippen molar-refractivity contribution in [3.05, 3.63) is 42.4 Å². The van der Waals surface area contributed by atoms with Gasteiger partial charge < -0.3 is 5.11 Å². The lowest BCUT2D eigenvalue weighted by molar-refractivity contribution is 0.401. The second-order valence-corrected chi connectivity index (χ2v) is 2.10. The Hall–Kier alpha value is -1.31. The predicted molar refractivity (Wildman–Crippen MR) is 39.7 cm³/mol. The first-order valence-electron chi connectivity index (χ1n) is 3.04. The average molecular weight is 135 g/mol. The number of allylic oxidation sites excluding steroid dienone is 1. The molecule has 0 amide bonds. The molecule has 0 saturated heterocycles. The maximum Gasteiger partial charge on any atom is 0.0895 e. The fourth-order valence-electron chi connectivity index (χ4n) is 0.738. The highest BCUT2D eigenvalue weighted by atomic mass is 16.3. The lowest BCUT2D eigenvalue weighted by Crippen LogP contribution is -1.87. The molecule has 0 aliphatic rings. The van der Waals surface area contributed by atoms with Crippen LogP contribution in [0.15, 0.2) is 36.9 Å². The Kier molecular flexibility index (Phi) is 2.05. The number of aromatic nitrogens is 1. The Morgan fingerprint density at radius 1 is 1.70 bits per heavy atom. The monoisotopic (exact) mass is 135 g/mol. The van der Waals surface area contributed by atoms with E-state index in [0.29, 0.717) is 6.42 Å². The van der Waals surface area contributed by atoms with Crippen LogP contribution in [-0.4, -0.2) is 10.1 Å². The van der Waals surface area contributed by atoms with Crippen LogP contribution >= 0.6 is 0 Å². The zero-order chi connectivity index (χ0) is 7.40. The number of rotatable bonds is 2. The molecule has 2 nitrogen and oxygen atoms in total. The largest absolute Gasteiger partial charge is 0.513 e. The molecule has 1 rings (SSSR count). The summed E-state index contributed by atoms with van der Waals surface area (Å²) >= 11 is 0. The van der Waals surface area contributed by atoms with E-state index in [1.165, 1.54) is 0 Å². The minimum atomic E-state index is 0.174. The summed E-state index contributed by atoms with van der Waals surface area (Å²) in [4.78, 5) is 3.89. The number of aliphatic hydroxyl groups is 1. The van der Waals surface area contributed by atoms with Gasteiger partial charge in [0.2, 0.25) is 0 Å². The highest BCUT2D eigenvalue weighted by Gasteiger charge is 1.91. The van der Waals surface area contributed by atoms with Crippen molar-refractivity contribution in [2.45, 2.75) is 6.42 Å². The van der Waals surface area contributed by atoms with Crippen LogP contribution in [0.3, 0.4) is 0 Å². The number of pyridine rings is 1. The molecule has 0 fully saturated rings. The molecule has 0 radical (unpaired) electrons. The normalized spacial score (nSPS) is 9.20. The van der Waals surface area contributed by atoms with Crippen molar-refractivity contribution >= 4 is 0 Å². The lowest BCUT2D eigenvalue weighted by atomic mass is 10.2. The Morgan fingerprint density at radius 3 is 3.00 bits per heavy atom. The van der Waals surface area contributed by atoms with Crippen LogP contribution in [-0.2, 0) is 6.42 Å². The number of hydrogen-bond acceptors (Lipinski definition) is 2. The minimum absolute atomic E-state index is 0.174. The summed E-state index contributed by atoms with van der Waals surface area (Å²) in [7, 11) is 0. The van der Waals surface area contributed by atoms with Gasteiger partial charge in [0.1, 0.15) is 0 Å². The van der Waals surface area contributed by atoms with Gasteiger partial charge in [-0.2, -0.15) is 0 Å². The first-order valence-corrected chi connectivity index (χ1v) is 3.04. The van der Waals surface area contributed by atoms with E-state index < -0.39 is 0 Å². The van der Waals surface area contributed by atoms with Crippen LogP contribution in [0.25, 0.3) is 0 Å². The summed E-state index contributed by atoms with van der Waals surface area (Å²) < 4.78 is 0. The van der Waals surface area contributed by atoms with Gasteiger partial charge in [0.25, 0.3) is 0 Å². The molecule has 0 aliphatic carbocycles. The van der Waals surface area contributed by atoms with E-state index in [-0.39, 0.29) is 5.76 Å². The van der Waals surface area contributed by atoms with E-state index in [1.807, 2.05) is 12.1 Å². The van der Waals surface area contributed by atoms with Crippen molar-refractivity contribution in [1.82, 2.24) is 4.98 Å². The van der Waals surface area contributed by atoms with Crippen molar-refractivity contribution in [1.29, 1.82) is 0 Å².